The van der Waals surface area contributed by atoms with E-state index in [4.69, 9.17) is 0 Å². The Labute approximate surface area is 204 Å². The van der Waals surface area contributed by atoms with Crippen LogP contribution in [0.15, 0.2) is 23.1 Å². The first kappa shape index (κ1) is 32.4. The van der Waals surface area contributed by atoms with Gasteiger partial charge < -0.3 is 15.7 Å². The van der Waals surface area contributed by atoms with Gasteiger partial charge >= 0.3 is 18.5 Å². The molecule has 0 radical (unpaired) electrons. The lowest BCUT2D eigenvalue weighted by atomic mass is 9.83. The highest BCUT2D eigenvalue weighted by Gasteiger charge is 2.66. The Hall–Kier alpha value is -2.60. The fourth-order valence-electron chi connectivity index (χ4n) is 2.65. The van der Waals surface area contributed by atoms with Crippen LogP contribution in [0.4, 0.5) is 50.9 Å². The van der Waals surface area contributed by atoms with Gasteiger partial charge in [-0.2, -0.15) is 47.9 Å². The molecule has 0 spiro atoms. The van der Waals surface area contributed by atoms with Crippen molar-refractivity contribution >= 4 is 33.3 Å². The van der Waals surface area contributed by atoms with E-state index in [2.05, 4.69) is 0 Å². The predicted molar refractivity (Wildman–Crippen MR) is 109 cm³/mol. The Balaban J connectivity index is 3.10. The molecule has 0 saturated carbocycles. The number of carbonyl (C=O) groups is 2. The van der Waals surface area contributed by atoms with Gasteiger partial charge in [0.05, 0.1) is 4.90 Å². The highest BCUT2D eigenvalue weighted by atomic mass is 32.2. The zero-order valence-corrected chi connectivity index (χ0v) is 19.7. The van der Waals surface area contributed by atoms with E-state index < -0.39 is 93.4 Å². The summed E-state index contributed by atoms with van der Waals surface area (Å²) in [4.78, 5) is 23.0. The monoisotopic (exact) mass is 576 g/mol. The third-order valence-corrected chi connectivity index (χ3v) is 6.16. The molecule has 2 amide bonds. The van der Waals surface area contributed by atoms with Gasteiger partial charge in [0.2, 0.25) is 11.8 Å². The van der Waals surface area contributed by atoms with Crippen LogP contribution in [0, 0.1) is 5.41 Å². The molecule has 18 heteroatoms. The molecule has 0 bridgehead atoms. The zero-order chi connectivity index (χ0) is 29.3. The van der Waals surface area contributed by atoms with Crippen molar-refractivity contribution in [2.45, 2.75) is 68.6 Å². The van der Waals surface area contributed by atoms with Crippen molar-refractivity contribution in [1.82, 2.24) is 0 Å². The Morgan fingerprint density at radius 2 is 1.14 bits per heavy atom. The molecule has 1 aromatic carbocycles. The molecule has 0 aromatic heterocycles. The van der Waals surface area contributed by atoms with Crippen LogP contribution in [0.2, 0.25) is 0 Å². The molecule has 37 heavy (non-hydrogen) atoms. The summed E-state index contributed by atoms with van der Waals surface area (Å²) < 4.78 is 148. The summed E-state index contributed by atoms with van der Waals surface area (Å²) in [5, 5.41) is 13.1. The number of nitrogens with one attached hydrogen (secondary N) is 2. The van der Waals surface area contributed by atoms with Crippen molar-refractivity contribution < 1.29 is 67.2 Å². The molecule has 0 aliphatic heterocycles. The van der Waals surface area contributed by atoms with E-state index in [1.807, 2.05) is 10.6 Å². The van der Waals surface area contributed by atoms with Gasteiger partial charge in [0, 0.05) is 24.2 Å². The fourth-order valence-corrected chi connectivity index (χ4v) is 3.20. The Bertz CT molecular complexity index is 1100. The highest BCUT2D eigenvalue weighted by Crippen LogP contribution is 2.52. The normalized spacial score (nSPS) is 15.2. The van der Waals surface area contributed by atoms with Crippen LogP contribution in [0.1, 0.15) is 39.5 Å². The number of amides is 2. The number of benzene rings is 1. The second kappa shape index (κ2) is 10.6. The smallest absolute Gasteiger partial charge is 0.381 e. The summed E-state index contributed by atoms with van der Waals surface area (Å²) in [5.74, 6) is -2.61. The minimum absolute atomic E-state index is 0.150. The number of halogens is 9. The van der Waals surface area contributed by atoms with Gasteiger partial charge in [-0.1, -0.05) is 0 Å². The summed E-state index contributed by atoms with van der Waals surface area (Å²) in [5.41, 5.74) is -8.62. The molecule has 1 unspecified atom stereocenters. The molecule has 0 aliphatic rings. The van der Waals surface area contributed by atoms with E-state index in [9.17, 15) is 67.2 Å². The van der Waals surface area contributed by atoms with Crippen molar-refractivity contribution in [3.8, 4) is 0 Å². The van der Waals surface area contributed by atoms with E-state index in [0.717, 1.165) is 6.07 Å². The van der Waals surface area contributed by atoms with Gasteiger partial charge in [0.1, 0.15) is 0 Å². The number of hydrogen-bond donors (Lipinski definition) is 4. The third kappa shape index (κ3) is 8.46. The predicted octanol–water partition coefficient (Wildman–Crippen LogP) is 4.81. The maximum atomic E-state index is 13.0. The Morgan fingerprint density at radius 1 is 0.757 bits per heavy atom. The van der Waals surface area contributed by atoms with E-state index in [1.165, 1.54) is 0 Å². The van der Waals surface area contributed by atoms with Crippen LogP contribution in [0.3, 0.4) is 0 Å². The Kier molecular flexibility index (Phi) is 9.33. The lowest BCUT2D eigenvalue weighted by molar-refractivity contribution is -0.336. The number of hydrogen-bond acceptors (Lipinski definition) is 5. The van der Waals surface area contributed by atoms with Crippen LogP contribution in [-0.2, 0) is 19.7 Å². The van der Waals surface area contributed by atoms with Gasteiger partial charge in [0.25, 0.3) is 10.1 Å². The maximum Gasteiger partial charge on any atom is 0.416 e. The topological polar surface area (TPSA) is 133 Å². The minimum atomic E-state index is -5.76. The van der Waals surface area contributed by atoms with E-state index in [-0.39, 0.29) is 6.92 Å². The van der Waals surface area contributed by atoms with Crippen molar-refractivity contribution in [1.29, 1.82) is 0 Å². The second-order valence-electron chi connectivity index (χ2n) is 8.42. The van der Waals surface area contributed by atoms with E-state index >= 15 is 0 Å². The standard InChI is InChI=1S/C19H21F9N2O6S/c1-15(17(20,21)22,18(23,24)25)5-3-13(31)29-10-7-11(9-12(8-10)37(34,35)36)30-14(32)4-6-16(2,33)19(26,27)28/h7-9,33H,3-6H2,1-2H3,(H,29,31)(H,30,32)(H,34,35,36). The van der Waals surface area contributed by atoms with E-state index in [0.29, 0.717) is 19.1 Å². The third-order valence-electron chi connectivity index (χ3n) is 5.32. The van der Waals surface area contributed by atoms with Gasteiger partial charge in [-0.05, 0) is 44.9 Å². The summed E-state index contributed by atoms with van der Waals surface area (Å²) in [6.07, 6.45) is -21.7. The number of anilines is 2. The lowest BCUT2D eigenvalue weighted by Crippen LogP contribution is -2.48. The molecule has 212 valence electrons. The SMILES string of the molecule is CC(O)(CCC(=O)Nc1cc(NC(=O)CCC(C)(C(F)(F)F)C(F)(F)F)cc(S(=O)(=O)O)c1)C(F)(F)F. The molecule has 1 aromatic rings. The van der Waals surface area contributed by atoms with Crippen LogP contribution in [0.5, 0.6) is 0 Å². The number of aliphatic hydroxyl groups is 1. The van der Waals surface area contributed by atoms with Gasteiger partial charge in [-0.25, -0.2) is 0 Å². The van der Waals surface area contributed by atoms with Crippen molar-refractivity contribution in [2.75, 3.05) is 10.6 Å². The molecule has 4 N–H and O–H groups in total. The van der Waals surface area contributed by atoms with Crippen molar-refractivity contribution in [3.05, 3.63) is 18.2 Å². The molecular weight excluding hydrogens is 555 g/mol. The lowest BCUT2D eigenvalue weighted by Gasteiger charge is -2.33. The highest BCUT2D eigenvalue weighted by molar-refractivity contribution is 7.85. The first-order valence-electron chi connectivity index (χ1n) is 9.95. The summed E-state index contributed by atoms with van der Waals surface area (Å²) >= 11 is 0. The molecule has 0 heterocycles. The van der Waals surface area contributed by atoms with Crippen LogP contribution in [-0.4, -0.2) is 54.0 Å². The molecule has 8 nitrogen and oxygen atoms in total. The largest absolute Gasteiger partial charge is 0.416 e. The first-order chi connectivity index (χ1) is 16.3. The average Bonchev–Trinajstić information content (AvgIpc) is 2.67. The molecule has 0 fully saturated rings. The van der Waals surface area contributed by atoms with Gasteiger partial charge in [0.15, 0.2) is 11.0 Å². The summed E-state index contributed by atoms with van der Waals surface area (Å²) in [6, 6.07) is 1.94. The van der Waals surface area contributed by atoms with Crippen LogP contribution >= 0.6 is 0 Å². The van der Waals surface area contributed by atoms with Gasteiger partial charge in [-0.3, -0.25) is 14.1 Å². The summed E-state index contributed by atoms with van der Waals surface area (Å²) in [7, 11) is -5.04. The van der Waals surface area contributed by atoms with Gasteiger partial charge in [-0.15, -0.1) is 0 Å². The number of rotatable bonds is 9. The van der Waals surface area contributed by atoms with E-state index in [1.54, 1.807) is 0 Å². The second-order valence-corrected chi connectivity index (χ2v) is 9.84. The molecule has 1 atom stereocenters. The minimum Gasteiger partial charge on any atom is -0.381 e. The van der Waals surface area contributed by atoms with Crippen molar-refractivity contribution in [3.63, 3.8) is 0 Å². The average molecular weight is 576 g/mol. The Morgan fingerprint density at radius 3 is 1.46 bits per heavy atom. The van der Waals surface area contributed by atoms with Crippen LogP contribution < -0.4 is 10.6 Å². The number of carbonyl (C=O) groups excluding carboxylic acids is 2. The van der Waals surface area contributed by atoms with Crippen LogP contribution in [0.25, 0.3) is 0 Å². The molecular formula is C19H21F9N2O6S. The molecule has 0 saturated heterocycles. The quantitative estimate of drug-likeness (QED) is 0.246. The first-order valence-corrected chi connectivity index (χ1v) is 11.4. The fraction of sp³-hybridized carbons (Fsp3) is 0.579. The zero-order valence-electron chi connectivity index (χ0n) is 18.9. The molecule has 0 aliphatic carbocycles. The van der Waals surface area contributed by atoms with Crippen molar-refractivity contribution in [2.24, 2.45) is 5.41 Å². The maximum absolute atomic E-state index is 13.0. The summed E-state index contributed by atoms with van der Waals surface area (Å²) in [6.45, 7) is 0.248. The molecule has 1 rings (SSSR count). The number of alkyl halides is 9.